The summed E-state index contributed by atoms with van der Waals surface area (Å²) < 4.78 is 5.08. The zero-order valence-electron chi connectivity index (χ0n) is 8.27. The number of amides is 1. The topological polar surface area (TPSA) is 55.6 Å². The molecule has 0 bridgehead atoms. The summed E-state index contributed by atoms with van der Waals surface area (Å²) in [5, 5.41) is 0. The van der Waals surface area contributed by atoms with Gasteiger partial charge in [0.2, 0.25) is 0 Å². The highest BCUT2D eigenvalue weighted by molar-refractivity contribution is 5.95. The molecule has 1 aliphatic carbocycles. The van der Waals surface area contributed by atoms with Crippen molar-refractivity contribution < 1.29 is 9.53 Å². The average molecular weight is 204 g/mol. The standard InChI is InChI=1S/C11H12N2O2/c12-8-3-1-2-4-9(8)13-10(14)15-7-11(13)5-6-11/h1-4H,5-7,12H2. The SMILES string of the molecule is Nc1ccccc1N1C(=O)OCC12CC2. The molecule has 15 heavy (non-hydrogen) atoms. The van der Waals surface area contributed by atoms with Gasteiger partial charge in [-0.2, -0.15) is 0 Å². The summed E-state index contributed by atoms with van der Waals surface area (Å²) in [6, 6.07) is 7.41. The van der Waals surface area contributed by atoms with E-state index in [0.29, 0.717) is 12.3 Å². The van der Waals surface area contributed by atoms with Crippen LogP contribution in [0.5, 0.6) is 0 Å². The van der Waals surface area contributed by atoms with Gasteiger partial charge in [0.25, 0.3) is 0 Å². The largest absolute Gasteiger partial charge is 0.447 e. The quantitative estimate of drug-likeness (QED) is 0.709. The predicted molar refractivity (Wildman–Crippen MR) is 56.6 cm³/mol. The Labute approximate surface area is 87.6 Å². The Morgan fingerprint density at radius 3 is 2.73 bits per heavy atom. The Balaban J connectivity index is 2.06. The van der Waals surface area contributed by atoms with Crippen LogP contribution >= 0.6 is 0 Å². The van der Waals surface area contributed by atoms with Crippen LogP contribution < -0.4 is 10.6 Å². The number of nitrogens with two attached hydrogens (primary N) is 1. The van der Waals surface area contributed by atoms with Crippen molar-refractivity contribution in [3.8, 4) is 0 Å². The van der Waals surface area contributed by atoms with Gasteiger partial charge in [0.1, 0.15) is 6.61 Å². The first-order chi connectivity index (χ1) is 7.23. The lowest BCUT2D eigenvalue weighted by Crippen LogP contribution is -2.35. The Morgan fingerprint density at radius 2 is 2.07 bits per heavy atom. The van der Waals surface area contributed by atoms with Crippen LogP contribution in [0.3, 0.4) is 0 Å². The molecule has 0 aromatic heterocycles. The number of para-hydroxylation sites is 2. The third kappa shape index (κ3) is 1.11. The van der Waals surface area contributed by atoms with Crippen molar-refractivity contribution in [2.75, 3.05) is 17.2 Å². The number of carbonyl (C=O) groups excluding carboxylic acids is 1. The maximum absolute atomic E-state index is 11.6. The van der Waals surface area contributed by atoms with Crippen molar-refractivity contribution in [3.05, 3.63) is 24.3 Å². The third-order valence-corrected chi connectivity index (χ3v) is 3.13. The van der Waals surface area contributed by atoms with E-state index in [1.54, 1.807) is 11.0 Å². The van der Waals surface area contributed by atoms with E-state index >= 15 is 0 Å². The minimum atomic E-state index is -0.273. The summed E-state index contributed by atoms with van der Waals surface area (Å²) in [5.74, 6) is 0. The number of hydrogen-bond acceptors (Lipinski definition) is 3. The van der Waals surface area contributed by atoms with Gasteiger partial charge in [-0.15, -0.1) is 0 Å². The van der Waals surface area contributed by atoms with E-state index in [-0.39, 0.29) is 11.6 Å². The second kappa shape index (κ2) is 2.66. The number of carbonyl (C=O) groups is 1. The summed E-state index contributed by atoms with van der Waals surface area (Å²) in [7, 11) is 0. The second-order valence-electron chi connectivity index (χ2n) is 4.17. The van der Waals surface area contributed by atoms with Gasteiger partial charge in [-0.3, -0.25) is 4.90 Å². The minimum Gasteiger partial charge on any atom is -0.447 e. The number of benzene rings is 1. The molecule has 3 rings (SSSR count). The number of hydrogen-bond donors (Lipinski definition) is 1. The smallest absolute Gasteiger partial charge is 0.415 e. The third-order valence-electron chi connectivity index (χ3n) is 3.13. The van der Waals surface area contributed by atoms with E-state index < -0.39 is 0 Å². The van der Waals surface area contributed by atoms with Gasteiger partial charge in [-0.1, -0.05) is 12.1 Å². The molecule has 1 aromatic carbocycles. The molecule has 1 saturated heterocycles. The maximum atomic E-state index is 11.6. The highest BCUT2D eigenvalue weighted by Gasteiger charge is 2.57. The second-order valence-corrected chi connectivity index (χ2v) is 4.17. The fourth-order valence-corrected chi connectivity index (χ4v) is 2.08. The van der Waals surface area contributed by atoms with Gasteiger partial charge in [0.05, 0.1) is 16.9 Å². The number of cyclic esters (lactones) is 1. The zero-order chi connectivity index (χ0) is 10.5. The van der Waals surface area contributed by atoms with Crippen LogP contribution in [0.15, 0.2) is 24.3 Å². The number of rotatable bonds is 1. The number of nitrogen functional groups attached to an aromatic ring is 1. The molecule has 1 aromatic rings. The molecule has 2 fully saturated rings. The number of anilines is 2. The molecular formula is C11H12N2O2. The number of nitrogens with zero attached hydrogens (tertiary/aromatic N) is 1. The first-order valence-corrected chi connectivity index (χ1v) is 5.04. The van der Waals surface area contributed by atoms with Gasteiger partial charge in [0, 0.05) is 0 Å². The molecule has 1 amide bonds. The fraction of sp³-hybridized carbons (Fsp3) is 0.364. The fourth-order valence-electron chi connectivity index (χ4n) is 2.08. The Bertz CT molecular complexity index is 426. The summed E-state index contributed by atoms with van der Waals surface area (Å²) in [5.41, 5.74) is 7.17. The Hall–Kier alpha value is -1.71. The van der Waals surface area contributed by atoms with Crippen molar-refractivity contribution in [2.45, 2.75) is 18.4 Å². The van der Waals surface area contributed by atoms with Gasteiger partial charge >= 0.3 is 6.09 Å². The van der Waals surface area contributed by atoms with Crippen molar-refractivity contribution in [2.24, 2.45) is 0 Å². The Kier molecular flexibility index (Phi) is 1.52. The van der Waals surface area contributed by atoms with E-state index in [0.717, 1.165) is 18.5 Å². The molecule has 1 heterocycles. The summed E-state index contributed by atoms with van der Waals surface area (Å²) >= 11 is 0. The summed E-state index contributed by atoms with van der Waals surface area (Å²) in [4.78, 5) is 13.3. The highest BCUT2D eigenvalue weighted by atomic mass is 16.6. The average Bonchev–Trinajstić information content (AvgIpc) is 2.92. The van der Waals surface area contributed by atoms with E-state index in [4.69, 9.17) is 10.5 Å². The van der Waals surface area contributed by atoms with Gasteiger partial charge in [0.15, 0.2) is 0 Å². The van der Waals surface area contributed by atoms with Crippen LogP contribution in [0.1, 0.15) is 12.8 Å². The van der Waals surface area contributed by atoms with E-state index in [2.05, 4.69) is 0 Å². The first kappa shape index (κ1) is 8.59. The van der Waals surface area contributed by atoms with Gasteiger partial charge in [-0.05, 0) is 25.0 Å². The molecule has 2 N–H and O–H groups in total. The molecule has 0 radical (unpaired) electrons. The van der Waals surface area contributed by atoms with Crippen LogP contribution in [-0.2, 0) is 4.74 Å². The van der Waals surface area contributed by atoms with E-state index in [1.165, 1.54) is 0 Å². The Morgan fingerprint density at radius 1 is 1.33 bits per heavy atom. The van der Waals surface area contributed by atoms with E-state index in [1.807, 2.05) is 18.2 Å². The van der Waals surface area contributed by atoms with Gasteiger partial charge in [-0.25, -0.2) is 4.79 Å². The maximum Gasteiger partial charge on any atom is 0.415 e. The van der Waals surface area contributed by atoms with Crippen LogP contribution in [0.2, 0.25) is 0 Å². The molecule has 0 atom stereocenters. The molecule has 1 spiro atoms. The van der Waals surface area contributed by atoms with Crippen LogP contribution in [0, 0.1) is 0 Å². The normalized spacial score (nSPS) is 21.9. The van der Waals surface area contributed by atoms with Crippen LogP contribution in [0.4, 0.5) is 16.2 Å². The molecule has 4 nitrogen and oxygen atoms in total. The lowest BCUT2D eigenvalue weighted by molar-refractivity contribution is 0.178. The van der Waals surface area contributed by atoms with Crippen LogP contribution in [-0.4, -0.2) is 18.2 Å². The lowest BCUT2D eigenvalue weighted by atomic mass is 10.2. The molecule has 78 valence electrons. The number of ether oxygens (including phenoxy) is 1. The molecular weight excluding hydrogens is 192 g/mol. The first-order valence-electron chi connectivity index (χ1n) is 5.04. The molecule has 2 aliphatic rings. The van der Waals surface area contributed by atoms with Crippen molar-refractivity contribution in [3.63, 3.8) is 0 Å². The zero-order valence-corrected chi connectivity index (χ0v) is 8.27. The van der Waals surface area contributed by atoms with Crippen molar-refractivity contribution >= 4 is 17.5 Å². The molecule has 1 aliphatic heterocycles. The monoisotopic (exact) mass is 204 g/mol. The molecule has 1 saturated carbocycles. The highest BCUT2D eigenvalue weighted by Crippen LogP contribution is 2.49. The van der Waals surface area contributed by atoms with Crippen LogP contribution in [0.25, 0.3) is 0 Å². The van der Waals surface area contributed by atoms with Crippen molar-refractivity contribution in [1.29, 1.82) is 0 Å². The molecule has 4 heteroatoms. The van der Waals surface area contributed by atoms with Crippen molar-refractivity contribution in [1.82, 2.24) is 0 Å². The summed E-state index contributed by atoms with van der Waals surface area (Å²) in [6.07, 6.45) is 1.74. The lowest BCUT2D eigenvalue weighted by Gasteiger charge is -2.21. The predicted octanol–water partition coefficient (Wildman–Crippen LogP) is 1.76. The minimum absolute atomic E-state index is 0.0907. The summed E-state index contributed by atoms with van der Waals surface area (Å²) in [6.45, 7) is 0.500. The van der Waals surface area contributed by atoms with E-state index in [9.17, 15) is 4.79 Å². The van der Waals surface area contributed by atoms with Gasteiger partial charge < -0.3 is 10.5 Å². The molecule has 0 unspecified atom stereocenters.